The van der Waals surface area contributed by atoms with Gasteiger partial charge in [-0.2, -0.15) is 0 Å². The van der Waals surface area contributed by atoms with E-state index in [1.165, 1.54) is 35.0 Å². The molecule has 1 aliphatic rings. The van der Waals surface area contributed by atoms with Crippen LogP contribution in [0.2, 0.25) is 0 Å². The lowest BCUT2D eigenvalue weighted by atomic mass is 10.1. The molecule has 46 heavy (non-hydrogen) atoms. The van der Waals surface area contributed by atoms with Gasteiger partial charge < -0.3 is 14.5 Å². The summed E-state index contributed by atoms with van der Waals surface area (Å²) in [6.45, 7) is 0.792. The zero-order valence-electron chi connectivity index (χ0n) is 25.0. The lowest BCUT2D eigenvalue weighted by molar-refractivity contribution is 0.482. The van der Waals surface area contributed by atoms with Crippen molar-refractivity contribution in [3.8, 4) is 11.5 Å². The second kappa shape index (κ2) is 10.9. The maximum Gasteiger partial charge on any atom is 0.137 e. The Morgan fingerprint density at radius 1 is 0.652 bits per heavy atom. The fraction of sp³-hybridized carbons (Fsp3) is 0.0513. The molecular weight excluding hydrogens is 605 g/mol. The molecular formula is C39H28N4OS2. The number of hydrogen-bond acceptors (Lipinski definition) is 7. The molecule has 5 aromatic carbocycles. The number of anilines is 4. The van der Waals surface area contributed by atoms with Gasteiger partial charge in [0.25, 0.3) is 0 Å². The van der Waals surface area contributed by atoms with Gasteiger partial charge in [-0.1, -0.05) is 60.7 Å². The smallest absolute Gasteiger partial charge is 0.137 e. The number of ether oxygens (including phenoxy) is 1. The van der Waals surface area contributed by atoms with Crippen molar-refractivity contribution in [2.75, 3.05) is 23.5 Å². The highest BCUT2D eigenvalue weighted by Gasteiger charge is 2.22. The van der Waals surface area contributed by atoms with Crippen LogP contribution < -0.4 is 14.5 Å². The Morgan fingerprint density at radius 3 is 2.00 bits per heavy atom. The van der Waals surface area contributed by atoms with Crippen LogP contribution in [0.4, 0.5) is 22.9 Å². The number of rotatable bonds is 6. The van der Waals surface area contributed by atoms with E-state index in [9.17, 15) is 0 Å². The van der Waals surface area contributed by atoms with Gasteiger partial charge in [-0.15, -0.1) is 22.7 Å². The van der Waals surface area contributed by atoms with Crippen LogP contribution in [0.5, 0.6) is 11.5 Å². The van der Waals surface area contributed by atoms with Crippen LogP contribution in [0.15, 0.2) is 140 Å². The summed E-state index contributed by atoms with van der Waals surface area (Å²) in [5, 5.41) is 4.83. The Hall–Kier alpha value is -5.37. The predicted molar refractivity (Wildman–Crippen MR) is 195 cm³/mol. The summed E-state index contributed by atoms with van der Waals surface area (Å²) in [5.41, 5.74) is 3.22. The van der Waals surface area contributed by atoms with E-state index in [1.807, 2.05) is 35.7 Å². The van der Waals surface area contributed by atoms with Crippen molar-refractivity contribution in [1.29, 1.82) is 0 Å². The molecule has 0 atom stereocenters. The van der Waals surface area contributed by atoms with Crippen LogP contribution >= 0.6 is 22.7 Å². The molecule has 0 aliphatic carbocycles. The molecule has 0 saturated carbocycles. The minimum atomic E-state index is 0.779. The predicted octanol–water partition coefficient (Wildman–Crippen LogP) is 11.3. The van der Waals surface area contributed by atoms with Crippen molar-refractivity contribution in [3.05, 3.63) is 140 Å². The monoisotopic (exact) mass is 632 g/mol. The van der Waals surface area contributed by atoms with Gasteiger partial charge in [-0.3, -0.25) is 4.90 Å². The molecule has 4 heterocycles. The molecule has 0 radical (unpaired) electrons. The highest BCUT2D eigenvalue weighted by atomic mass is 32.1. The molecule has 0 saturated heterocycles. The van der Waals surface area contributed by atoms with Gasteiger partial charge in [0.2, 0.25) is 0 Å². The molecule has 0 bridgehead atoms. The molecule has 8 aromatic rings. The Bertz CT molecular complexity index is 2380. The van der Waals surface area contributed by atoms with E-state index in [4.69, 9.17) is 9.72 Å². The Labute approximate surface area is 274 Å². The number of hydrogen-bond donors (Lipinski definition) is 0. The first-order chi connectivity index (χ1) is 22.7. The van der Waals surface area contributed by atoms with Crippen LogP contribution in [0, 0.1) is 0 Å². The molecule has 0 spiro atoms. The minimum absolute atomic E-state index is 0.779. The van der Waals surface area contributed by atoms with Crippen molar-refractivity contribution in [2.45, 2.75) is 0 Å². The number of para-hydroxylation sites is 1. The number of fused-ring (bicyclic) bond motifs is 6. The Kier molecular flexibility index (Phi) is 6.40. The fourth-order valence-corrected chi connectivity index (χ4v) is 8.75. The minimum Gasteiger partial charge on any atom is -0.457 e. The fourth-order valence-electron chi connectivity index (χ4n) is 6.34. The van der Waals surface area contributed by atoms with Crippen LogP contribution in [-0.2, 0) is 0 Å². The maximum absolute atomic E-state index is 6.92. The van der Waals surface area contributed by atoms with E-state index in [2.05, 4.69) is 137 Å². The normalized spacial score (nSPS) is 13.1. The van der Waals surface area contributed by atoms with E-state index >= 15 is 0 Å². The van der Waals surface area contributed by atoms with Crippen molar-refractivity contribution >= 4 is 85.9 Å². The molecule has 9 rings (SSSR count). The van der Waals surface area contributed by atoms with E-state index in [-0.39, 0.29) is 0 Å². The molecule has 0 unspecified atom stereocenters. The third-order valence-electron chi connectivity index (χ3n) is 8.42. The highest BCUT2D eigenvalue weighted by Crippen LogP contribution is 2.48. The van der Waals surface area contributed by atoms with E-state index < -0.39 is 0 Å². The first-order valence-electron chi connectivity index (χ1n) is 15.2. The number of thiophene rings is 2. The van der Waals surface area contributed by atoms with E-state index in [1.54, 1.807) is 11.3 Å². The summed E-state index contributed by atoms with van der Waals surface area (Å²) < 4.78 is 11.9. The molecule has 1 aliphatic heterocycles. The van der Waals surface area contributed by atoms with Crippen molar-refractivity contribution in [3.63, 3.8) is 0 Å². The van der Waals surface area contributed by atoms with Gasteiger partial charge in [-0.25, -0.2) is 4.98 Å². The number of nitrogens with zero attached hydrogens (tertiary/aromatic N) is 4. The summed E-state index contributed by atoms with van der Waals surface area (Å²) in [6.07, 6.45) is 6.11. The zero-order valence-corrected chi connectivity index (χ0v) is 26.6. The van der Waals surface area contributed by atoms with Crippen molar-refractivity contribution in [1.82, 2.24) is 9.88 Å². The topological polar surface area (TPSA) is 31.8 Å². The lowest BCUT2D eigenvalue weighted by Gasteiger charge is -2.25. The first-order valence-corrected chi connectivity index (χ1v) is 16.8. The summed E-state index contributed by atoms with van der Waals surface area (Å²) >= 11 is 3.64. The number of aromatic nitrogens is 1. The van der Waals surface area contributed by atoms with Gasteiger partial charge in [-0.05, 0) is 48.5 Å². The average molecular weight is 633 g/mol. The third-order valence-corrected chi connectivity index (χ3v) is 10.8. The number of pyridine rings is 1. The molecule has 3 aromatic heterocycles. The van der Waals surface area contributed by atoms with Crippen LogP contribution in [0.1, 0.15) is 0 Å². The molecule has 0 amide bonds. The van der Waals surface area contributed by atoms with Crippen molar-refractivity contribution in [2.24, 2.45) is 0 Å². The zero-order chi connectivity index (χ0) is 30.6. The third kappa shape index (κ3) is 4.55. The quantitative estimate of drug-likeness (QED) is 0.182. The van der Waals surface area contributed by atoms with E-state index in [0.717, 1.165) is 46.4 Å². The van der Waals surface area contributed by atoms with Gasteiger partial charge >= 0.3 is 0 Å². The first kappa shape index (κ1) is 27.0. The average Bonchev–Trinajstić information content (AvgIpc) is 3.81. The Balaban J connectivity index is 1.26. The van der Waals surface area contributed by atoms with Crippen LogP contribution in [0.25, 0.3) is 40.3 Å². The number of benzene rings is 5. The molecule has 5 nitrogen and oxygen atoms in total. The SMILES string of the molecule is CN1C=CN(c2cc(Oc3cc(N(c4ccccc4)c4ccccn4)c4sc5ccccc5c4c3)cc3c2sc2ccccc23)C1. The Morgan fingerprint density at radius 2 is 1.30 bits per heavy atom. The van der Waals surface area contributed by atoms with Crippen LogP contribution in [0.3, 0.4) is 0 Å². The van der Waals surface area contributed by atoms with Gasteiger partial charge in [0.15, 0.2) is 0 Å². The standard InChI is InChI=1S/C39H28N4OS2/c1-41-19-20-42(25-41)33-23-27(21-31-29-13-5-7-15-35(29)45-38(31)33)44-28-22-32-30-14-6-8-16-36(30)46-39(32)34(24-28)43(26-11-3-2-4-12-26)37-17-9-10-18-40-37/h2-24H,25H2,1H3. The van der Waals surface area contributed by atoms with Crippen LogP contribution in [-0.4, -0.2) is 23.6 Å². The summed E-state index contributed by atoms with van der Waals surface area (Å²) in [7, 11) is 2.10. The second-order valence-corrected chi connectivity index (χ2v) is 13.6. The summed E-state index contributed by atoms with van der Waals surface area (Å²) in [5.74, 6) is 2.44. The van der Waals surface area contributed by atoms with Gasteiger partial charge in [0, 0.05) is 74.4 Å². The van der Waals surface area contributed by atoms with E-state index in [0.29, 0.717) is 0 Å². The molecule has 0 fully saturated rings. The van der Waals surface area contributed by atoms with Gasteiger partial charge in [0.1, 0.15) is 17.3 Å². The largest absolute Gasteiger partial charge is 0.457 e. The maximum atomic E-state index is 6.92. The summed E-state index contributed by atoms with van der Waals surface area (Å²) in [4.78, 5) is 11.5. The molecule has 222 valence electrons. The second-order valence-electron chi connectivity index (χ2n) is 11.5. The van der Waals surface area contributed by atoms with Crippen molar-refractivity contribution < 1.29 is 4.74 Å². The van der Waals surface area contributed by atoms with Gasteiger partial charge in [0.05, 0.1) is 27.4 Å². The lowest BCUT2D eigenvalue weighted by Crippen LogP contribution is -2.21. The summed E-state index contributed by atoms with van der Waals surface area (Å²) in [6, 6.07) is 42.5. The molecule has 0 N–H and O–H groups in total. The highest BCUT2D eigenvalue weighted by molar-refractivity contribution is 7.26. The molecule has 7 heteroatoms.